The molecule has 1 aromatic heterocycles. The van der Waals surface area contributed by atoms with Gasteiger partial charge < -0.3 is 14.0 Å². The molecule has 0 fully saturated rings. The van der Waals surface area contributed by atoms with Crippen molar-refractivity contribution in [3.8, 4) is 0 Å². The number of imidazole rings is 1. The smallest absolute Gasteiger partial charge is 0.308 e. The molecule has 2 rings (SSSR count). The Labute approximate surface area is 147 Å². The highest BCUT2D eigenvalue weighted by atomic mass is 16.5. The molecular formula is C19H24N2O4. The van der Waals surface area contributed by atoms with Gasteiger partial charge in [-0.05, 0) is 30.5 Å². The Morgan fingerprint density at radius 3 is 2.64 bits per heavy atom. The molecule has 134 valence electrons. The maximum absolute atomic E-state index is 11.6. The van der Waals surface area contributed by atoms with E-state index in [2.05, 4.69) is 42.6 Å². The third-order valence-electron chi connectivity index (χ3n) is 4.35. The molecule has 1 atom stereocenters. The van der Waals surface area contributed by atoms with Gasteiger partial charge in [0.05, 0.1) is 32.0 Å². The fourth-order valence-corrected chi connectivity index (χ4v) is 2.60. The Balaban J connectivity index is 1.94. The number of aryl methyl sites for hydroxylation is 1. The number of esters is 2. The lowest BCUT2D eigenvalue weighted by Crippen LogP contribution is -2.11. The van der Waals surface area contributed by atoms with Crippen LogP contribution in [0.3, 0.4) is 0 Å². The third-order valence-corrected chi connectivity index (χ3v) is 4.35. The maximum Gasteiger partial charge on any atom is 0.308 e. The van der Waals surface area contributed by atoms with Crippen molar-refractivity contribution in [2.45, 2.75) is 46.3 Å². The summed E-state index contributed by atoms with van der Waals surface area (Å²) in [4.78, 5) is 27.1. The monoisotopic (exact) mass is 344 g/mol. The van der Waals surface area contributed by atoms with Crippen molar-refractivity contribution in [1.82, 2.24) is 9.55 Å². The van der Waals surface area contributed by atoms with Crippen LogP contribution in [0.15, 0.2) is 30.7 Å². The first-order valence-electron chi connectivity index (χ1n) is 8.22. The lowest BCUT2D eigenvalue weighted by molar-refractivity contribution is -0.151. The first-order chi connectivity index (χ1) is 11.9. The van der Waals surface area contributed by atoms with E-state index in [1.807, 2.05) is 12.3 Å². The van der Waals surface area contributed by atoms with E-state index in [1.165, 1.54) is 23.8 Å². The molecule has 0 saturated heterocycles. The van der Waals surface area contributed by atoms with Gasteiger partial charge in [-0.15, -0.1) is 0 Å². The van der Waals surface area contributed by atoms with E-state index in [0.29, 0.717) is 0 Å². The molecule has 0 amide bonds. The van der Waals surface area contributed by atoms with E-state index >= 15 is 0 Å². The molecule has 6 heteroatoms. The zero-order valence-electron chi connectivity index (χ0n) is 15.1. The fraction of sp³-hybridized carbons (Fsp3) is 0.421. The van der Waals surface area contributed by atoms with E-state index in [1.54, 1.807) is 10.9 Å². The summed E-state index contributed by atoms with van der Waals surface area (Å²) in [7, 11) is 1.29. The summed E-state index contributed by atoms with van der Waals surface area (Å²) in [5.41, 5.74) is 4.67. The van der Waals surface area contributed by atoms with Crippen LogP contribution in [0.4, 0.5) is 0 Å². The van der Waals surface area contributed by atoms with Crippen molar-refractivity contribution in [3.63, 3.8) is 0 Å². The number of methoxy groups -OCH3 is 1. The maximum atomic E-state index is 11.6. The molecule has 2 aromatic rings. The van der Waals surface area contributed by atoms with Crippen molar-refractivity contribution < 1.29 is 19.1 Å². The minimum atomic E-state index is -0.441. The predicted octanol–water partition coefficient (Wildman–Crippen LogP) is 3.11. The third kappa shape index (κ3) is 4.92. The van der Waals surface area contributed by atoms with Gasteiger partial charge in [0.15, 0.2) is 6.73 Å². The van der Waals surface area contributed by atoms with Gasteiger partial charge in [0.1, 0.15) is 0 Å². The summed E-state index contributed by atoms with van der Waals surface area (Å²) in [6, 6.07) is 6.25. The van der Waals surface area contributed by atoms with Crippen molar-refractivity contribution in [2.24, 2.45) is 0 Å². The quantitative estimate of drug-likeness (QED) is 0.722. The normalized spacial score (nSPS) is 11.8. The second kappa shape index (κ2) is 8.46. The van der Waals surface area contributed by atoms with Crippen LogP contribution >= 0.6 is 0 Å². The summed E-state index contributed by atoms with van der Waals surface area (Å²) in [6.45, 7) is 6.39. The Morgan fingerprint density at radius 2 is 1.92 bits per heavy atom. The van der Waals surface area contributed by atoms with E-state index < -0.39 is 11.9 Å². The fourth-order valence-electron chi connectivity index (χ4n) is 2.60. The minimum absolute atomic E-state index is 0.00706. The molecule has 0 bridgehead atoms. The van der Waals surface area contributed by atoms with Gasteiger partial charge in [-0.1, -0.05) is 25.1 Å². The van der Waals surface area contributed by atoms with Crippen LogP contribution in [-0.4, -0.2) is 28.6 Å². The number of nitrogens with zero attached hydrogens (tertiary/aromatic N) is 2. The second-order valence-electron chi connectivity index (χ2n) is 6.05. The average Bonchev–Trinajstić information content (AvgIpc) is 3.08. The van der Waals surface area contributed by atoms with Crippen LogP contribution in [0.2, 0.25) is 0 Å². The van der Waals surface area contributed by atoms with Gasteiger partial charge in [0, 0.05) is 12.1 Å². The van der Waals surface area contributed by atoms with E-state index in [4.69, 9.17) is 4.74 Å². The molecule has 1 aromatic carbocycles. The average molecular weight is 344 g/mol. The molecular weight excluding hydrogens is 320 g/mol. The van der Waals surface area contributed by atoms with Crippen LogP contribution in [0, 0.1) is 13.8 Å². The summed E-state index contributed by atoms with van der Waals surface area (Å²) >= 11 is 0. The number of ether oxygens (including phenoxy) is 2. The van der Waals surface area contributed by atoms with Gasteiger partial charge >= 0.3 is 11.9 Å². The molecule has 0 radical (unpaired) electrons. The van der Waals surface area contributed by atoms with E-state index in [9.17, 15) is 9.59 Å². The van der Waals surface area contributed by atoms with E-state index in [0.717, 1.165) is 5.69 Å². The molecule has 6 nitrogen and oxygen atoms in total. The second-order valence-corrected chi connectivity index (χ2v) is 6.05. The van der Waals surface area contributed by atoms with Crippen LogP contribution < -0.4 is 0 Å². The largest absolute Gasteiger partial charge is 0.469 e. The lowest BCUT2D eigenvalue weighted by Gasteiger charge is -2.14. The Bertz CT molecular complexity index is 752. The number of hydrogen-bond donors (Lipinski definition) is 0. The number of carbonyl (C=O) groups is 2. The molecule has 0 aliphatic heterocycles. The Kier molecular flexibility index (Phi) is 6.33. The van der Waals surface area contributed by atoms with Crippen molar-refractivity contribution in [3.05, 3.63) is 53.1 Å². The highest BCUT2D eigenvalue weighted by Crippen LogP contribution is 2.27. The zero-order chi connectivity index (χ0) is 18.4. The molecule has 0 aliphatic rings. The van der Waals surface area contributed by atoms with Gasteiger partial charge in [-0.3, -0.25) is 9.59 Å². The highest BCUT2D eigenvalue weighted by molar-refractivity contribution is 5.77. The van der Waals surface area contributed by atoms with Gasteiger partial charge in [0.2, 0.25) is 0 Å². The number of benzene rings is 1. The molecule has 0 aliphatic carbocycles. The lowest BCUT2D eigenvalue weighted by atomic mass is 9.92. The van der Waals surface area contributed by atoms with Crippen LogP contribution in [-0.2, 0) is 25.8 Å². The molecule has 25 heavy (non-hydrogen) atoms. The molecule has 0 unspecified atom stereocenters. The standard InChI is InChI=1S/C19H24N2O4/c1-13-6-5-7-16(14(13)2)15(3)17-10-21(11-20-17)12-25-19(23)9-8-18(22)24-4/h5-7,10-11,15H,8-9,12H2,1-4H3/t15-/m0/s1. The molecule has 0 spiro atoms. The van der Waals surface area contributed by atoms with Gasteiger partial charge in [0.25, 0.3) is 0 Å². The molecule has 0 saturated carbocycles. The summed E-state index contributed by atoms with van der Waals surface area (Å²) in [5.74, 6) is -0.719. The first-order valence-corrected chi connectivity index (χ1v) is 8.22. The van der Waals surface area contributed by atoms with Crippen LogP contribution in [0.25, 0.3) is 0 Å². The van der Waals surface area contributed by atoms with Crippen molar-refractivity contribution >= 4 is 11.9 Å². The van der Waals surface area contributed by atoms with Crippen molar-refractivity contribution in [1.29, 1.82) is 0 Å². The highest BCUT2D eigenvalue weighted by Gasteiger charge is 2.15. The van der Waals surface area contributed by atoms with Crippen LogP contribution in [0.5, 0.6) is 0 Å². The number of carbonyl (C=O) groups excluding carboxylic acids is 2. The summed E-state index contributed by atoms with van der Waals surface area (Å²) in [5, 5.41) is 0. The number of rotatable bonds is 7. The Morgan fingerprint density at radius 1 is 1.20 bits per heavy atom. The van der Waals surface area contributed by atoms with Crippen molar-refractivity contribution in [2.75, 3.05) is 7.11 Å². The summed E-state index contributed by atoms with van der Waals surface area (Å²) in [6.07, 6.45) is 3.55. The van der Waals surface area contributed by atoms with Gasteiger partial charge in [-0.25, -0.2) is 4.98 Å². The SMILES string of the molecule is COC(=O)CCC(=O)OCn1cnc([C@@H](C)c2cccc(C)c2C)c1. The van der Waals surface area contributed by atoms with Gasteiger partial charge in [-0.2, -0.15) is 0 Å². The minimum Gasteiger partial charge on any atom is -0.469 e. The molecule has 1 heterocycles. The topological polar surface area (TPSA) is 70.4 Å². The molecule has 0 N–H and O–H groups in total. The van der Waals surface area contributed by atoms with Crippen LogP contribution in [0.1, 0.15) is 48.1 Å². The number of aromatic nitrogens is 2. The Hall–Kier alpha value is -2.63. The number of hydrogen-bond acceptors (Lipinski definition) is 5. The first kappa shape index (κ1) is 18.7. The zero-order valence-corrected chi connectivity index (χ0v) is 15.1. The predicted molar refractivity (Wildman–Crippen MR) is 93.0 cm³/mol. The van der Waals surface area contributed by atoms with E-state index in [-0.39, 0.29) is 25.5 Å². The summed E-state index contributed by atoms with van der Waals surface area (Å²) < 4.78 is 11.3.